The molecule has 1 aromatic heterocycles. The molecule has 25 heavy (non-hydrogen) atoms. The molecule has 0 saturated carbocycles. The lowest BCUT2D eigenvalue weighted by molar-refractivity contribution is 0.0948. The van der Waals surface area contributed by atoms with E-state index in [2.05, 4.69) is 20.4 Å². The molecule has 6 heteroatoms. The van der Waals surface area contributed by atoms with Crippen LogP contribution >= 0.6 is 11.6 Å². The topological polar surface area (TPSA) is 58.1 Å². The van der Waals surface area contributed by atoms with Crippen LogP contribution in [-0.2, 0) is 6.42 Å². The normalized spacial score (nSPS) is 14.8. The van der Waals surface area contributed by atoms with E-state index in [1.807, 2.05) is 30.3 Å². The van der Waals surface area contributed by atoms with Gasteiger partial charge in [0.15, 0.2) is 11.5 Å². The Bertz CT molecular complexity index is 697. The number of nitrogens with zero attached hydrogens (tertiary/aromatic N) is 3. The Hall–Kier alpha value is -2.14. The molecule has 1 amide bonds. The highest BCUT2D eigenvalue weighted by Crippen LogP contribution is 2.16. The Morgan fingerprint density at radius 3 is 2.56 bits per heavy atom. The van der Waals surface area contributed by atoms with Crippen LogP contribution in [0.1, 0.15) is 41.7 Å². The molecule has 1 N–H and O–H groups in total. The standard InChI is InChI=1S/C19H23ClN4O/c20-16-7-5-6-15(14-16)10-11-21-19(25)17-8-9-18(23-22-17)24-12-3-1-2-4-13-24/h5-9,14H,1-4,10-13H2,(H,21,25). The summed E-state index contributed by atoms with van der Waals surface area (Å²) in [4.78, 5) is 14.4. The number of carbonyl (C=O) groups is 1. The van der Waals surface area contributed by atoms with Gasteiger partial charge < -0.3 is 10.2 Å². The molecule has 1 aromatic carbocycles. The number of anilines is 1. The van der Waals surface area contributed by atoms with Crippen LogP contribution in [0.2, 0.25) is 5.02 Å². The largest absolute Gasteiger partial charge is 0.355 e. The van der Waals surface area contributed by atoms with Gasteiger partial charge in [-0.15, -0.1) is 10.2 Å². The van der Waals surface area contributed by atoms with Crippen LogP contribution in [0.25, 0.3) is 0 Å². The van der Waals surface area contributed by atoms with Gasteiger partial charge in [0.2, 0.25) is 0 Å². The first-order valence-corrected chi connectivity index (χ1v) is 9.21. The summed E-state index contributed by atoms with van der Waals surface area (Å²) in [5.74, 6) is 0.661. The fraction of sp³-hybridized carbons (Fsp3) is 0.421. The lowest BCUT2D eigenvalue weighted by atomic mass is 10.1. The molecule has 3 rings (SSSR count). The zero-order chi connectivity index (χ0) is 17.5. The fourth-order valence-corrected chi connectivity index (χ4v) is 3.23. The van der Waals surface area contributed by atoms with Gasteiger partial charge in [0, 0.05) is 24.7 Å². The molecule has 0 aliphatic carbocycles. The van der Waals surface area contributed by atoms with E-state index in [1.54, 1.807) is 6.07 Å². The molecule has 0 unspecified atom stereocenters. The highest BCUT2D eigenvalue weighted by Gasteiger charge is 2.13. The number of nitrogens with one attached hydrogen (secondary N) is 1. The van der Waals surface area contributed by atoms with E-state index in [0.29, 0.717) is 17.3 Å². The molecular weight excluding hydrogens is 336 g/mol. The van der Waals surface area contributed by atoms with Gasteiger partial charge in [0.25, 0.3) is 5.91 Å². The number of benzene rings is 1. The van der Waals surface area contributed by atoms with E-state index in [9.17, 15) is 4.79 Å². The van der Waals surface area contributed by atoms with Crippen LogP contribution in [0.5, 0.6) is 0 Å². The minimum absolute atomic E-state index is 0.197. The van der Waals surface area contributed by atoms with Crippen molar-refractivity contribution >= 4 is 23.3 Å². The molecule has 0 spiro atoms. The Morgan fingerprint density at radius 1 is 1.08 bits per heavy atom. The average Bonchev–Trinajstić information content (AvgIpc) is 2.91. The van der Waals surface area contributed by atoms with Gasteiger partial charge in [-0.05, 0) is 49.1 Å². The summed E-state index contributed by atoms with van der Waals surface area (Å²) in [5.41, 5.74) is 1.44. The molecule has 2 heterocycles. The van der Waals surface area contributed by atoms with Crippen molar-refractivity contribution < 1.29 is 4.79 Å². The summed E-state index contributed by atoms with van der Waals surface area (Å²) in [6, 6.07) is 11.3. The van der Waals surface area contributed by atoms with Crippen molar-refractivity contribution in [2.45, 2.75) is 32.1 Å². The minimum Gasteiger partial charge on any atom is -0.355 e. The maximum atomic E-state index is 12.2. The van der Waals surface area contributed by atoms with Crippen molar-refractivity contribution in [3.63, 3.8) is 0 Å². The first kappa shape index (κ1) is 17.7. The highest BCUT2D eigenvalue weighted by atomic mass is 35.5. The Kier molecular flexibility index (Phi) is 6.23. The maximum Gasteiger partial charge on any atom is 0.271 e. The summed E-state index contributed by atoms with van der Waals surface area (Å²) >= 11 is 5.96. The predicted octanol–water partition coefficient (Wildman–Crippen LogP) is 3.48. The van der Waals surface area contributed by atoms with E-state index >= 15 is 0 Å². The van der Waals surface area contributed by atoms with Crippen LogP contribution in [0.15, 0.2) is 36.4 Å². The minimum atomic E-state index is -0.197. The lowest BCUT2D eigenvalue weighted by Crippen LogP contribution is -2.28. The molecule has 132 valence electrons. The van der Waals surface area contributed by atoms with Gasteiger partial charge in [-0.1, -0.05) is 36.6 Å². The van der Waals surface area contributed by atoms with E-state index < -0.39 is 0 Å². The van der Waals surface area contributed by atoms with Crippen molar-refractivity contribution in [2.24, 2.45) is 0 Å². The van der Waals surface area contributed by atoms with Gasteiger partial charge in [0.1, 0.15) is 0 Å². The number of halogens is 1. The number of hydrogen-bond acceptors (Lipinski definition) is 4. The molecule has 0 atom stereocenters. The van der Waals surface area contributed by atoms with Crippen molar-refractivity contribution in [1.29, 1.82) is 0 Å². The summed E-state index contributed by atoms with van der Waals surface area (Å²) in [6.45, 7) is 2.56. The van der Waals surface area contributed by atoms with Crippen LogP contribution in [0.4, 0.5) is 5.82 Å². The summed E-state index contributed by atoms with van der Waals surface area (Å²) in [6.07, 6.45) is 5.65. The molecule has 5 nitrogen and oxygen atoms in total. The van der Waals surface area contributed by atoms with Gasteiger partial charge in [-0.2, -0.15) is 0 Å². The Balaban J connectivity index is 1.51. The average molecular weight is 359 g/mol. The van der Waals surface area contributed by atoms with Crippen LogP contribution in [0.3, 0.4) is 0 Å². The lowest BCUT2D eigenvalue weighted by Gasteiger charge is -2.20. The zero-order valence-corrected chi connectivity index (χ0v) is 15.0. The Morgan fingerprint density at radius 2 is 1.88 bits per heavy atom. The second kappa shape index (κ2) is 8.81. The molecule has 1 aliphatic rings. The number of amides is 1. The summed E-state index contributed by atoms with van der Waals surface area (Å²) in [5, 5.41) is 11.9. The number of aromatic nitrogens is 2. The van der Waals surface area contributed by atoms with Gasteiger partial charge in [0.05, 0.1) is 0 Å². The quantitative estimate of drug-likeness (QED) is 0.888. The molecule has 0 radical (unpaired) electrons. The Labute approximate surface area is 153 Å². The van der Waals surface area contributed by atoms with Crippen molar-refractivity contribution in [3.05, 3.63) is 52.7 Å². The number of rotatable bonds is 5. The smallest absolute Gasteiger partial charge is 0.271 e. The third-order valence-electron chi connectivity index (χ3n) is 4.40. The molecule has 2 aromatic rings. The van der Waals surface area contributed by atoms with Crippen molar-refractivity contribution in [1.82, 2.24) is 15.5 Å². The predicted molar refractivity (Wildman–Crippen MR) is 100 cm³/mol. The molecule has 1 saturated heterocycles. The van der Waals surface area contributed by atoms with Crippen molar-refractivity contribution in [3.8, 4) is 0 Å². The highest BCUT2D eigenvalue weighted by molar-refractivity contribution is 6.30. The first-order valence-electron chi connectivity index (χ1n) is 8.84. The van der Waals surface area contributed by atoms with E-state index in [4.69, 9.17) is 11.6 Å². The third kappa shape index (κ3) is 5.16. The van der Waals surface area contributed by atoms with Crippen LogP contribution in [0, 0.1) is 0 Å². The van der Waals surface area contributed by atoms with Crippen LogP contribution < -0.4 is 10.2 Å². The summed E-state index contributed by atoms with van der Waals surface area (Å²) < 4.78 is 0. The van der Waals surface area contributed by atoms with Gasteiger partial charge in [-0.25, -0.2) is 0 Å². The SMILES string of the molecule is O=C(NCCc1cccc(Cl)c1)c1ccc(N2CCCCCC2)nn1. The fourth-order valence-electron chi connectivity index (χ4n) is 3.02. The molecule has 1 fully saturated rings. The van der Waals surface area contributed by atoms with Gasteiger partial charge >= 0.3 is 0 Å². The van der Waals surface area contributed by atoms with E-state index in [-0.39, 0.29) is 5.91 Å². The van der Waals surface area contributed by atoms with Crippen LogP contribution in [-0.4, -0.2) is 35.7 Å². The molecule has 0 bridgehead atoms. The third-order valence-corrected chi connectivity index (χ3v) is 4.64. The van der Waals surface area contributed by atoms with Crippen molar-refractivity contribution in [2.75, 3.05) is 24.5 Å². The number of hydrogen-bond donors (Lipinski definition) is 1. The van der Waals surface area contributed by atoms with Gasteiger partial charge in [-0.3, -0.25) is 4.79 Å². The first-order chi connectivity index (χ1) is 12.2. The second-order valence-corrected chi connectivity index (χ2v) is 6.75. The zero-order valence-electron chi connectivity index (χ0n) is 14.2. The van der Waals surface area contributed by atoms with E-state index in [1.165, 1.54) is 25.7 Å². The second-order valence-electron chi connectivity index (χ2n) is 6.31. The van der Waals surface area contributed by atoms with E-state index in [0.717, 1.165) is 30.9 Å². The molecular formula is C19H23ClN4O. The monoisotopic (exact) mass is 358 g/mol. The molecule has 1 aliphatic heterocycles. The number of carbonyl (C=O) groups excluding carboxylic acids is 1. The summed E-state index contributed by atoms with van der Waals surface area (Å²) in [7, 11) is 0. The maximum absolute atomic E-state index is 12.2.